The number of rotatable bonds is 5. The van der Waals surface area contributed by atoms with Crippen molar-refractivity contribution in [2.75, 3.05) is 7.11 Å². The summed E-state index contributed by atoms with van der Waals surface area (Å²) in [6.45, 7) is 0.556. The third kappa shape index (κ3) is 3.12. The van der Waals surface area contributed by atoms with Crippen molar-refractivity contribution in [3.8, 4) is 0 Å². The third-order valence-electron chi connectivity index (χ3n) is 3.61. The Bertz CT molecular complexity index is 424. The fourth-order valence-corrected chi connectivity index (χ4v) is 2.64. The van der Waals surface area contributed by atoms with E-state index in [1.165, 1.54) is 0 Å². The maximum Gasteiger partial charge on any atom is 0.223 e. The maximum atomic E-state index is 11.9. The highest BCUT2D eigenvalue weighted by atomic mass is 79.9. The molecule has 1 fully saturated rings. The van der Waals surface area contributed by atoms with E-state index >= 15 is 0 Å². The van der Waals surface area contributed by atoms with Gasteiger partial charge in [-0.1, -0.05) is 34.1 Å². The molecule has 0 radical (unpaired) electrons. The number of methoxy groups -OCH3 is 1. The summed E-state index contributed by atoms with van der Waals surface area (Å²) in [5.41, 5.74) is 0.892. The van der Waals surface area contributed by atoms with Gasteiger partial charge in [0.05, 0.1) is 12.0 Å². The monoisotopic (exact) mass is 311 g/mol. The Morgan fingerprint density at radius 3 is 2.72 bits per heavy atom. The maximum absolute atomic E-state index is 11.9. The molecule has 1 aromatic carbocycles. The van der Waals surface area contributed by atoms with E-state index in [2.05, 4.69) is 21.2 Å². The van der Waals surface area contributed by atoms with Crippen molar-refractivity contribution < 1.29 is 9.53 Å². The summed E-state index contributed by atoms with van der Waals surface area (Å²) in [4.78, 5) is 11.9. The number of nitrogens with one attached hydrogen (secondary N) is 1. The lowest BCUT2D eigenvalue weighted by molar-refractivity contribution is -0.134. The molecule has 0 saturated heterocycles. The van der Waals surface area contributed by atoms with E-state index in [0.29, 0.717) is 13.0 Å². The van der Waals surface area contributed by atoms with Crippen LogP contribution in [0.15, 0.2) is 28.7 Å². The molecule has 1 aliphatic carbocycles. The van der Waals surface area contributed by atoms with Crippen molar-refractivity contribution in [2.45, 2.75) is 37.8 Å². The van der Waals surface area contributed by atoms with Crippen LogP contribution in [0.4, 0.5) is 0 Å². The third-order valence-corrected chi connectivity index (χ3v) is 4.39. The van der Waals surface area contributed by atoms with Gasteiger partial charge in [-0.25, -0.2) is 0 Å². The second-order valence-corrected chi connectivity index (χ2v) is 5.64. The SMILES string of the molecule is COC1(CC(=O)NCc2ccccc2Br)CCC1. The molecule has 0 spiro atoms. The largest absolute Gasteiger partial charge is 0.378 e. The minimum Gasteiger partial charge on any atom is -0.378 e. The number of hydrogen-bond donors (Lipinski definition) is 1. The zero-order valence-corrected chi connectivity index (χ0v) is 12.1. The predicted octanol–water partition coefficient (Wildman–Crippen LogP) is 3.02. The molecule has 98 valence electrons. The van der Waals surface area contributed by atoms with Crippen LogP contribution in [0.5, 0.6) is 0 Å². The molecule has 0 heterocycles. The van der Waals surface area contributed by atoms with Crippen LogP contribution in [-0.4, -0.2) is 18.6 Å². The summed E-state index contributed by atoms with van der Waals surface area (Å²) in [5.74, 6) is 0.0623. The molecule has 1 N–H and O–H groups in total. The molecule has 1 aromatic rings. The predicted molar refractivity (Wildman–Crippen MR) is 74.2 cm³/mol. The summed E-state index contributed by atoms with van der Waals surface area (Å²) >= 11 is 3.47. The standard InChI is InChI=1S/C14H18BrNO2/c1-18-14(7-4-8-14)9-13(17)16-10-11-5-2-3-6-12(11)15/h2-3,5-6H,4,7-10H2,1H3,(H,16,17). The van der Waals surface area contributed by atoms with Crippen LogP contribution in [0.2, 0.25) is 0 Å². The van der Waals surface area contributed by atoms with Gasteiger partial charge in [0.1, 0.15) is 0 Å². The van der Waals surface area contributed by atoms with Crippen molar-refractivity contribution in [1.29, 1.82) is 0 Å². The number of amides is 1. The van der Waals surface area contributed by atoms with Crippen molar-refractivity contribution in [3.63, 3.8) is 0 Å². The topological polar surface area (TPSA) is 38.3 Å². The van der Waals surface area contributed by atoms with Gasteiger partial charge in [0.25, 0.3) is 0 Å². The van der Waals surface area contributed by atoms with Crippen LogP contribution in [0.3, 0.4) is 0 Å². The molecular weight excluding hydrogens is 294 g/mol. The van der Waals surface area contributed by atoms with Gasteiger partial charge in [0.15, 0.2) is 0 Å². The molecule has 4 heteroatoms. The van der Waals surface area contributed by atoms with Gasteiger partial charge in [-0.15, -0.1) is 0 Å². The van der Waals surface area contributed by atoms with Gasteiger partial charge < -0.3 is 10.1 Å². The minimum absolute atomic E-state index is 0.0623. The van der Waals surface area contributed by atoms with E-state index in [1.54, 1.807) is 7.11 Å². The van der Waals surface area contributed by atoms with Crippen molar-refractivity contribution in [3.05, 3.63) is 34.3 Å². The summed E-state index contributed by atoms with van der Waals surface area (Å²) in [6.07, 6.45) is 3.61. The van der Waals surface area contributed by atoms with Crippen LogP contribution < -0.4 is 5.32 Å². The minimum atomic E-state index is -0.196. The van der Waals surface area contributed by atoms with E-state index in [0.717, 1.165) is 29.3 Å². The lowest BCUT2D eigenvalue weighted by Gasteiger charge is -2.39. The number of benzene rings is 1. The highest BCUT2D eigenvalue weighted by molar-refractivity contribution is 9.10. The molecule has 0 aromatic heterocycles. The first-order chi connectivity index (χ1) is 8.65. The van der Waals surface area contributed by atoms with Gasteiger partial charge in [0.2, 0.25) is 5.91 Å². The molecule has 0 aliphatic heterocycles. The number of ether oxygens (including phenoxy) is 1. The van der Waals surface area contributed by atoms with Crippen molar-refractivity contribution in [1.82, 2.24) is 5.32 Å². The summed E-state index contributed by atoms with van der Waals surface area (Å²) < 4.78 is 6.47. The highest BCUT2D eigenvalue weighted by Gasteiger charge is 2.38. The van der Waals surface area contributed by atoms with Gasteiger partial charge in [0, 0.05) is 18.1 Å². The number of carbonyl (C=O) groups is 1. The molecule has 3 nitrogen and oxygen atoms in total. The smallest absolute Gasteiger partial charge is 0.223 e. The first kappa shape index (κ1) is 13.6. The molecule has 1 saturated carbocycles. The average Bonchev–Trinajstić information content (AvgIpc) is 2.33. The van der Waals surface area contributed by atoms with E-state index in [-0.39, 0.29) is 11.5 Å². The van der Waals surface area contributed by atoms with Crippen LogP contribution >= 0.6 is 15.9 Å². The van der Waals surface area contributed by atoms with Gasteiger partial charge in [-0.3, -0.25) is 4.79 Å². The molecule has 18 heavy (non-hydrogen) atoms. The van der Waals surface area contributed by atoms with E-state index in [4.69, 9.17) is 4.74 Å². The molecule has 0 unspecified atom stereocenters. The normalized spacial score (nSPS) is 17.0. The van der Waals surface area contributed by atoms with E-state index < -0.39 is 0 Å². The highest BCUT2D eigenvalue weighted by Crippen LogP contribution is 2.37. The Morgan fingerprint density at radius 1 is 1.44 bits per heavy atom. The molecule has 0 bridgehead atoms. The molecule has 0 atom stereocenters. The Balaban J connectivity index is 1.83. The van der Waals surface area contributed by atoms with Crippen LogP contribution in [0.1, 0.15) is 31.2 Å². The Labute approximate surface area is 116 Å². The van der Waals surface area contributed by atoms with Crippen molar-refractivity contribution >= 4 is 21.8 Å². The van der Waals surface area contributed by atoms with Gasteiger partial charge in [-0.2, -0.15) is 0 Å². The zero-order valence-electron chi connectivity index (χ0n) is 10.5. The quantitative estimate of drug-likeness (QED) is 0.907. The number of halogens is 1. The van der Waals surface area contributed by atoms with Crippen LogP contribution in [0, 0.1) is 0 Å². The first-order valence-corrected chi connectivity index (χ1v) is 7.00. The average molecular weight is 312 g/mol. The Hall–Kier alpha value is -0.870. The second kappa shape index (κ2) is 5.85. The molecule has 1 aliphatic rings. The lowest BCUT2D eigenvalue weighted by Crippen LogP contribution is -2.43. The summed E-state index contributed by atoms with van der Waals surface area (Å²) in [5, 5.41) is 2.95. The number of hydrogen-bond acceptors (Lipinski definition) is 2. The second-order valence-electron chi connectivity index (χ2n) is 4.79. The molecule has 1 amide bonds. The van der Waals surface area contributed by atoms with Crippen LogP contribution in [-0.2, 0) is 16.1 Å². The number of carbonyl (C=O) groups excluding carboxylic acids is 1. The molecule has 2 rings (SSSR count). The fourth-order valence-electron chi connectivity index (χ4n) is 2.21. The van der Waals surface area contributed by atoms with Crippen molar-refractivity contribution in [2.24, 2.45) is 0 Å². The Morgan fingerprint density at radius 2 is 2.17 bits per heavy atom. The van der Waals surface area contributed by atoms with E-state index in [9.17, 15) is 4.79 Å². The van der Waals surface area contributed by atoms with Gasteiger partial charge in [-0.05, 0) is 30.9 Å². The van der Waals surface area contributed by atoms with Gasteiger partial charge >= 0.3 is 0 Å². The van der Waals surface area contributed by atoms with E-state index in [1.807, 2.05) is 24.3 Å². The Kier molecular flexibility index (Phi) is 4.40. The zero-order chi connectivity index (χ0) is 13.0. The fraction of sp³-hybridized carbons (Fsp3) is 0.500. The summed E-state index contributed by atoms with van der Waals surface area (Å²) in [7, 11) is 1.69. The lowest BCUT2D eigenvalue weighted by atomic mass is 9.77. The molecular formula is C14H18BrNO2. The first-order valence-electron chi connectivity index (χ1n) is 6.20. The summed E-state index contributed by atoms with van der Waals surface area (Å²) in [6, 6.07) is 7.91. The van der Waals surface area contributed by atoms with Crippen LogP contribution in [0.25, 0.3) is 0 Å².